The maximum atomic E-state index is 12.4. The first-order valence-corrected chi connectivity index (χ1v) is 7.38. The first-order valence-electron chi connectivity index (χ1n) is 7.38. The minimum absolute atomic E-state index is 0.0662. The van der Waals surface area contributed by atoms with Gasteiger partial charge in [-0.3, -0.25) is 9.59 Å². The van der Waals surface area contributed by atoms with Gasteiger partial charge in [0, 0.05) is 13.2 Å². The number of carbonyl (C=O) groups is 2. The number of nitrogens with one attached hydrogen (secondary N) is 1. The van der Waals surface area contributed by atoms with E-state index in [1.807, 2.05) is 37.3 Å². The van der Waals surface area contributed by atoms with Gasteiger partial charge in [-0.25, -0.2) is 0 Å². The molecule has 0 aliphatic carbocycles. The van der Waals surface area contributed by atoms with Gasteiger partial charge in [0.2, 0.25) is 11.8 Å². The summed E-state index contributed by atoms with van der Waals surface area (Å²) in [4.78, 5) is 26.3. The van der Waals surface area contributed by atoms with Crippen LogP contribution in [0.3, 0.4) is 0 Å². The van der Waals surface area contributed by atoms with Crippen LogP contribution in [0.2, 0.25) is 0 Å². The Hall–Kier alpha value is -1.88. The van der Waals surface area contributed by atoms with E-state index in [1.165, 1.54) is 0 Å². The van der Waals surface area contributed by atoms with Crippen LogP contribution < -0.4 is 5.32 Å². The van der Waals surface area contributed by atoms with Gasteiger partial charge < -0.3 is 15.0 Å². The van der Waals surface area contributed by atoms with Crippen LogP contribution in [0.25, 0.3) is 0 Å². The first kappa shape index (κ1) is 15.5. The third-order valence-electron chi connectivity index (χ3n) is 3.51. The highest BCUT2D eigenvalue weighted by atomic mass is 16.5. The third-order valence-corrected chi connectivity index (χ3v) is 3.51. The smallest absolute Gasteiger partial charge is 0.248 e. The quantitative estimate of drug-likeness (QED) is 0.808. The Morgan fingerprint density at radius 1 is 1.19 bits per heavy atom. The van der Waals surface area contributed by atoms with E-state index in [0.717, 1.165) is 12.0 Å². The molecular formula is C16H22N2O3. The molecule has 5 nitrogen and oxygen atoms in total. The summed E-state index contributed by atoms with van der Waals surface area (Å²) in [6.45, 7) is 5.29. The summed E-state index contributed by atoms with van der Waals surface area (Å²) in [5.74, 6) is -0.202. The lowest BCUT2D eigenvalue weighted by Crippen LogP contribution is -2.58. The Balaban J connectivity index is 2.16. The second kappa shape index (κ2) is 7.22. The normalized spacial score (nSPS) is 22.3. The second-order valence-electron chi connectivity index (χ2n) is 5.19. The van der Waals surface area contributed by atoms with Gasteiger partial charge in [-0.05, 0) is 18.9 Å². The fraction of sp³-hybridized carbons (Fsp3) is 0.500. The van der Waals surface area contributed by atoms with Gasteiger partial charge >= 0.3 is 0 Å². The summed E-state index contributed by atoms with van der Waals surface area (Å²) in [7, 11) is 0. The number of carbonyl (C=O) groups excluding carboxylic acids is 2. The first-order chi connectivity index (χ1) is 10.1. The lowest BCUT2D eigenvalue weighted by molar-refractivity contribution is -0.150. The number of piperazine rings is 1. The highest BCUT2D eigenvalue weighted by Crippen LogP contribution is 2.25. The number of ether oxygens (including phenoxy) is 1. The number of benzene rings is 1. The van der Waals surface area contributed by atoms with Crippen LogP contribution in [-0.4, -0.2) is 42.5 Å². The van der Waals surface area contributed by atoms with Crippen molar-refractivity contribution in [3.63, 3.8) is 0 Å². The number of hydrogen-bond acceptors (Lipinski definition) is 3. The summed E-state index contributed by atoms with van der Waals surface area (Å²) in [6.07, 6.45) is 0.937. The van der Waals surface area contributed by atoms with Crippen LogP contribution in [0.4, 0.5) is 0 Å². The molecule has 5 heteroatoms. The van der Waals surface area contributed by atoms with Crippen LogP contribution >= 0.6 is 0 Å². The van der Waals surface area contributed by atoms with Gasteiger partial charge in [0.1, 0.15) is 12.1 Å². The van der Waals surface area contributed by atoms with Crippen LogP contribution in [-0.2, 0) is 14.3 Å². The highest BCUT2D eigenvalue weighted by Gasteiger charge is 2.39. The predicted molar refractivity (Wildman–Crippen MR) is 79.6 cm³/mol. The van der Waals surface area contributed by atoms with E-state index in [0.29, 0.717) is 19.8 Å². The average molecular weight is 290 g/mol. The summed E-state index contributed by atoms with van der Waals surface area (Å²) >= 11 is 0. The monoisotopic (exact) mass is 290 g/mol. The topological polar surface area (TPSA) is 58.6 Å². The minimum atomic E-state index is -0.569. The molecule has 0 bridgehead atoms. The van der Waals surface area contributed by atoms with Crippen LogP contribution in [0, 0.1) is 0 Å². The zero-order valence-corrected chi connectivity index (χ0v) is 12.5. The van der Waals surface area contributed by atoms with E-state index >= 15 is 0 Å². The maximum absolute atomic E-state index is 12.4. The molecule has 1 aromatic rings. The highest BCUT2D eigenvalue weighted by molar-refractivity contribution is 5.97. The number of hydrogen-bond donors (Lipinski definition) is 1. The third kappa shape index (κ3) is 3.61. The van der Waals surface area contributed by atoms with Gasteiger partial charge in [0.25, 0.3) is 0 Å². The largest absolute Gasteiger partial charge is 0.380 e. The second-order valence-corrected chi connectivity index (χ2v) is 5.19. The van der Waals surface area contributed by atoms with Crippen molar-refractivity contribution in [1.29, 1.82) is 0 Å². The standard InChI is InChI=1S/C16H22N2O3/c1-3-10-21-11-9-18-14(13-7-5-4-6-8-13)15(19)17-12(2)16(18)20/h4-8,12,14H,3,9-11H2,1-2H3,(H,17,19). The van der Waals surface area contributed by atoms with Gasteiger partial charge in [0.05, 0.1) is 6.61 Å². The molecule has 0 aromatic heterocycles. The van der Waals surface area contributed by atoms with Crippen molar-refractivity contribution in [3.8, 4) is 0 Å². The van der Waals surface area contributed by atoms with Crippen molar-refractivity contribution >= 4 is 11.8 Å². The van der Waals surface area contributed by atoms with Crippen LogP contribution in [0.15, 0.2) is 30.3 Å². The molecule has 1 aliphatic rings. The van der Waals surface area contributed by atoms with E-state index < -0.39 is 12.1 Å². The minimum Gasteiger partial charge on any atom is -0.380 e. The summed E-state index contributed by atoms with van der Waals surface area (Å²) < 4.78 is 5.46. The maximum Gasteiger partial charge on any atom is 0.248 e. The Morgan fingerprint density at radius 2 is 1.90 bits per heavy atom. The molecule has 0 saturated carbocycles. The molecular weight excluding hydrogens is 268 g/mol. The summed E-state index contributed by atoms with van der Waals surface area (Å²) in [5.41, 5.74) is 0.825. The zero-order chi connectivity index (χ0) is 15.2. The van der Waals surface area contributed by atoms with Crippen molar-refractivity contribution in [2.75, 3.05) is 19.8 Å². The molecule has 2 unspecified atom stereocenters. The van der Waals surface area contributed by atoms with E-state index in [1.54, 1.807) is 11.8 Å². The molecule has 1 aliphatic heterocycles. The molecule has 114 valence electrons. The zero-order valence-electron chi connectivity index (χ0n) is 12.5. The lowest BCUT2D eigenvalue weighted by atomic mass is 10.00. The molecule has 21 heavy (non-hydrogen) atoms. The number of amides is 2. The summed E-state index contributed by atoms with van der Waals surface area (Å²) in [6, 6.07) is 8.32. The molecule has 1 saturated heterocycles. The molecule has 2 amide bonds. The van der Waals surface area contributed by atoms with E-state index in [4.69, 9.17) is 4.74 Å². The van der Waals surface area contributed by atoms with E-state index in [2.05, 4.69) is 5.32 Å². The Kier molecular flexibility index (Phi) is 5.33. The van der Waals surface area contributed by atoms with E-state index in [-0.39, 0.29) is 11.8 Å². The number of rotatable bonds is 6. The van der Waals surface area contributed by atoms with Crippen molar-refractivity contribution < 1.29 is 14.3 Å². The van der Waals surface area contributed by atoms with Crippen LogP contribution in [0.5, 0.6) is 0 Å². The fourth-order valence-electron chi connectivity index (χ4n) is 2.49. The van der Waals surface area contributed by atoms with Gasteiger partial charge in [-0.2, -0.15) is 0 Å². The predicted octanol–water partition coefficient (Wildman–Crippen LogP) is 1.50. The van der Waals surface area contributed by atoms with Crippen molar-refractivity contribution in [1.82, 2.24) is 10.2 Å². The van der Waals surface area contributed by atoms with Crippen LogP contribution in [0.1, 0.15) is 31.9 Å². The Labute approximate surface area is 125 Å². The molecule has 1 heterocycles. The fourth-order valence-corrected chi connectivity index (χ4v) is 2.49. The molecule has 0 radical (unpaired) electrons. The molecule has 2 rings (SSSR count). The van der Waals surface area contributed by atoms with Gasteiger partial charge in [-0.1, -0.05) is 37.3 Å². The molecule has 1 N–H and O–H groups in total. The lowest BCUT2D eigenvalue weighted by Gasteiger charge is -2.38. The molecule has 2 atom stereocenters. The number of nitrogens with zero attached hydrogens (tertiary/aromatic N) is 1. The van der Waals surface area contributed by atoms with Gasteiger partial charge in [0.15, 0.2) is 0 Å². The summed E-state index contributed by atoms with van der Waals surface area (Å²) in [5, 5.41) is 2.74. The van der Waals surface area contributed by atoms with Gasteiger partial charge in [-0.15, -0.1) is 0 Å². The Morgan fingerprint density at radius 3 is 2.57 bits per heavy atom. The molecule has 1 fully saturated rings. The van der Waals surface area contributed by atoms with Crippen molar-refractivity contribution in [2.45, 2.75) is 32.4 Å². The SMILES string of the molecule is CCCOCCN1C(=O)C(C)NC(=O)C1c1ccccc1. The Bertz CT molecular complexity index is 490. The molecule has 1 aromatic carbocycles. The molecule has 0 spiro atoms. The average Bonchev–Trinajstić information content (AvgIpc) is 2.49. The van der Waals surface area contributed by atoms with E-state index in [9.17, 15) is 9.59 Å². The van der Waals surface area contributed by atoms with Crippen molar-refractivity contribution in [2.24, 2.45) is 0 Å². The van der Waals surface area contributed by atoms with Crippen molar-refractivity contribution in [3.05, 3.63) is 35.9 Å².